The van der Waals surface area contributed by atoms with Crippen LogP contribution in [-0.4, -0.2) is 19.3 Å². The number of nitrogens with two attached hydrogens (primary N) is 1. The lowest BCUT2D eigenvalue weighted by Gasteiger charge is -2.11. The predicted octanol–water partition coefficient (Wildman–Crippen LogP) is 1.68. The third-order valence-electron chi connectivity index (χ3n) is 1.99. The average molecular weight is 213 g/mol. The molecular weight excluding hydrogens is 194 g/mol. The number of furan rings is 1. The molecule has 0 aliphatic carbocycles. The molecular formula is C11H19NO3. The first-order valence-electron chi connectivity index (χ1n) is 5.23. The molecule has 1 rings (SSSR count). The van der Waals surface area contributed by atoms with Crippen molar-refractivity contribution < 1.29 is 13.9 Å². The number of rotatable bonds is 7. The predicted molar refractivity (Wildman–Crippen MR) is 57.3 cm³/mol. The summed E-state index contributed by atoms with van der Waals surface area (Å²) in [6, 6.07) is 3.75. The summed E-state index contributed by atoms with van der Waals surface area (Å²) in [6.07, 6.45) is 0.0800. The van der Waals surface area contributed by atoms with E-state index in [9.17, 15) is 0 Å². The van der Waals surface area contributed by atoms with Gasteiger partial charge in [0, 0.05) is 6.61 Å². The molecule has 15 heavy (non-hydrogen) atoms. The molecule has 0 aliphatic heterocycles. The Bertz CT molecular complexity index is 273. The molecule has 4 nitrogen and oxygen atoms in total. The first-order valence-corrected chi connectivity index (χ1v) is 5.23. The summed E-state index contributed by atoms with van der Waals surface area (Å²) in [6.45, 7) is 6.16. The lowest BCUT2D eigenvalue weighted by atomic mass is 10.4. The van der Waals surface area contributed by atoms with Crippen LogP contribution in [0.2, 0.25) is 0 Å². The minimum Gasteiger partial charge on any atom is -0.462 e. The maximum Gasteiger partial charge on any atom is 0.129 e. The van der Waals surface area contributed by atoms with Crippen LogP contribution in [0.15, 0.2) is 16.5 Å². The quantitative estimate of drug-likeness (QED) is 0.748. The van der Waals surface area contributed by atoms with Gasteiger partial charge in [-0.05, 0) is 26.0 Å². The second-order valence-electron chi connectivity index (χ2n) is 3.35. The Labute approximate surface area is 90.3 Å². The maximum absolute atomic E-state index is 5.53. The molecule has 2 N–H and O–H groups in total. The minimum absolute atomic E-state index is 0.0800. The van der Waals surface area contributed by atoms with E-state index in [0.717, 1.165) is 11.5 Å². The number of hydrogen-bond acceptors (Lipinski definition) is 4. The molecule has 0 spiro atoms. The lowest BCUT2D eigenvalue weighted by molar-refractivity contribution is -0.0172. The SMILES string of the molecule is CCOCC(C)OCc1ccc(CN)o1. The zero-order valence-corrected chi connectivity index (χ0v) is 9.36. The first-order chi connectivity index (χ1) is 7.26. The molecule has 0 bridgehead atoms. The molecule has 0 radical (unpaired) electrons. The highest BCUT2D eigenvalue weighted by Gasteiger charge is 2.05. The molecule has 1 aromatic heterocycles. The van der Waals surface area contributed by atoms with Crippen molar-refractivity contribution in [3.63, 3.8) is 0 Å². The van der Waals surface area contributed by atoms with Gasteiger partial charge in [-0.15, -0.1) is 0 Å². The third-order valence-corrected chi connectivity index (χ3v) is 1.99. The van der Waals surface area contributed by atoms with Crippen molar-refractivity contribution in [2.45, 2.75) is 33.1 Å². The normalized spacial score (nSPS) is 13.0. The minimum atomic E-state index is 0.0800. The Kier molecular flexibility index (Phi) is 5.39. The van der Waals surface area contributed by atoms with Gasteiger partial charge < -0.3 is 19.6 Å². The molecule has 0 saturated heterocycles. The summed E-state index contributed by atoms with van der Waals surface area (Å²) in [5.74, 6) is 1.59. The second-order valence-corrected chi connectivity index (χ2v) is 3.35. The summed E-state index contributed by atoms with van der Waals surface area (Å²) in [7, 11) is 0. The molecule has 1 aromatic rings. The van der Waals surface area contributed by atoms with Crippen LogP contribution in [0.25, 0.3) is 0 Å². The van der Waals surface area contributed by atoms with E-state index in [2.05, 4.69) is 0 Å². The summed E-state index contributed by atoms with van der Waals surface area (Å²) < 4.78 is 16.2. The van der Waals surface area contributed by atoms with Gasteiger partial charge in [0.05, 0.1) is 19.3 Å². The van der Waals surface area contributed by atoms with E-state index < -0.39 is 0 Å². The molecule has 4 heteroatoms. The van der Waals surface area contributed by atoms with Crippen LogP contribution in [0.1, 0.15) is 25.4 Å². The fourth-order valence-electron chi connectivity index (χ4n) is 1.17. The molecule has 0 aliphatic rings. The zero-order chi connectivity index (χ0) is 11.1. The van der Waals surface area contributed by atoms with Crippen molar-refractivity contribution in [2.75, 3.05) is 13.2 Å². The van der Waals surface area contributed by atoms with Crippen molar-refractivity contribution in [1.82, 2.24) is 0 Å². The molecule has 1 atom stereocenters. The van der Waals surface area contributed by atoms with E-state index in [1.54, 1.807) is 0 Å². The standard InChI is InChI=1S/C11H19NO3/c1-3-13-7-9(2)14-8-11-5-4-10(6-12)15-11/h4-5,9H,3,6-8,12H2,1-2H3. The highest BCUT2D eigenvalue weighted by molar-refractivity contribution is 5.05. The lowest BCUT2D eigenvalue weighted by Crippen LogP contribution is -2.15. The van der Waals surface area contributed by atoms with Gasteiger partial charge in [-0.2, -0.15) is 0 Å². The van der Waals surface area contributed by atoms with Gasteiger partial charge in [0.25, 0.3) is 0 Å². The third kappa shape index (κ3) is 4.46. The topological polar surface area (TPSA) is 57.6 Å². The average Bonchev–Trinajstić information content (AvgIpc) is 2.71. The highest BCUT2D eigenvalue weighted by Crippen LogP contribution is 2.09. The summed E-state index contributed by atoms with van der Waals surface area (Å²) >= 11 is 0. The summed E-state index contributed by atoms with van der Waals surface area (Å²) in [4.78, 5) is 0. The molecule has 86 valence electrons. The Morgan fingerprint density at radius 3 is 2.73 bits per heavy atom. The Balaban J connectivity index is 2.24. The fraction of sp³-hybridized carbons (Fsp3) is 0.636. The fourth-order valence-corrected chi connectivity index (χ4v) is 1.17. The maximum atomic E-state index is 5.53. The van der Waals surface area contributed by atoms with Gasteiger partial charge >= 0.3 is 0 Å². The van der Waals surface area contributed by atoms with Crippen LogP contribution in [0.4, 0.5) is 0 Å². The molecule has 0 fully saturated rings. The van der Waals surface area contributed by atoms with E-state index in [0.29, 0.717) is 26.4 Å². The molecule has 1 heterocycles. The van der Waals surface area contributed by atoms with Gasteiger partial charge in [0.15, 0.2) is 0 Å². The Morgan fingerprint density at radius 2 is 2.13 bits per heavy atom. The van der Waals surface area contributed by atoms with Crippen molar-refractivity contribution >= 4 is 0 Å². The van der Waals surface area contributed by atoms with E-state index in [1.807, 2.05) is 26.0 Å². The Morgan fingerprint density at radius 1 is 1.40 bits per heavy atom. The van der Waals surface area contributed by atoms with Gasteiger partial charge in [-0.25, -0.2) is 0 Å². The second kappa shape index (κ2) is 6.61. The number of ether oxygens (including phenoxy) is 2. The van der Waals surface area contributed by atoms with E-state index in [-0.39, 0.29) is 6.10 Å². The summed E-state index contributed by atoms with van der Waals surface area (Å²) in [5, 5.41) is 0. The monoisotopic (exact) mass is 213 g/mol. The van der Waals surface area contributed by atoms with Crippen LogP contribution in [0.3, 0.4) is 0 Å². The first kappa shape index (κ1) is 12.2. The van der Waals surface area contributed by atoms with Crippen LogP contribution in [0.5, 0.6) is 0 Å². The van der Waals surface area contributed by atoms with Crippen LogP contribution in [0, 0.1) is 0 Å². The largest absolute Gasteiger partial charge is 0.462 e. The highest BCUT2D eigenvalue weighted by atomic mass is 16.5. The van der Waals surface area contributed by atoms with Crippen molar-refractivity contribution in [3.8, 4) is 0 Å². The molecule has 1 unspecified atom stereocenters. The van der Waals surface area contributed by atoms with Crippen LogP contribution < -0.4 is 5.73 Å². The van der Waals surface area contributed by atoms with Crippen LogP contribution >= 0.6 is 0 Å². The number of hydrogen-bond donors (Lipinski definition) is 1. The Hall–Kier alpha value is -0.840. The molecule has 0 saturated carbocycles. The summed E-state index contributed by atoms with van der Waals surface area (Å²) in [5.41, 5.74) is 5.43. The zero-order valence-electron chi connectivity index (χ0n) is 9.36. The van der Waals surface area contributed by atoms with Crippen molar-refractivity contribution in [3.05, 3.63) is 23.7 Å². The molecule has 0 amide bonds. The van der Waals surface area contributed by atoms with Crippen molar-refractivity contribution in [2.24, 2.45) is 5.73 Å². The van der Waals surface area contributed by atoms with Gasteiger partial charge in [-0.3, -0.25) is 0 Å². The molecule has 0 aromatic carbocycles. The van der Waals surface area contributed by atoms with E-state index in [1.165, 1.54) is 0 Å². The van der Waals surface area contributed by atoms with Crippen molar-refractivity contribution in [1.29, 1.82) is 0 Å². The van der Waals surface area contributed by atoms with Crippen LogP contribution in [-0.2, 0) is 22.6 Å². The van der Waals surface area contributed by atoms with Gasteiger partial charge in [0.2, 0.25) is 0 Å². The van der Waals surface area contributed by atoms with E-state index >= 15 is 0 Å². The van der Waals surface area contributed by atoms with E-state index in [4.69, 9.17) is 19.6 Å². The van der Waals surface area contributed by atoms with Gasteiger partial charge in [-0.1, -0.05) is 0 Å². The smallest absolute Gasteiger partial charge is 0.129 e. The van der Waals surface area contributed by atoms with Gasteiger partial charge in [0.1, 0.15) is 18.1 Å².